The number of hydrogen-bond acceptors (Lipinski definition) is 2. The second-order valence-electron chi connectivity index (χ2n) is 16.2. The van der Waals surface area contributed by atoms with Crippen molar-refractivity contribution >= 4 is 21.8 Å². The molecule has 3 nitrogen and oxygen atoms in total. The molecule has 10 aromatic rings. The van der Waals surface area contributed by atoms with Crippen LogP contribution in [-0.2, 0) is 12.4 Å². The van der Waals surface area contributed by atoms with Gasteiger partial charge in [0.05, 0.1) is 39.2 Å². The van der Waals surface area contributed by atoms with Gasteiger partial charge in [0.15, 0.2) is 5.82 Å². The van der Waals surface area contributed by atoms with E-state index in [4.69, 9.17) is 9.97 Å². The van der Waals surface area contributed by atoms with Crippen molar-refractivity contribution in [2.75, 3.05) is 0 Å². The molecule has 2 aromatic heterocycles. The molecule has 0 fully saturated rings. The van der Waals surface area contributed by atoms with E-state index in [1.807, 2.05) is 123 Å². The monoisotopic (exact) mass is 865 g/mol. The van der Waals surface area contributed by atoms with E-state index in [0.29, 0.717) is 22.4 Å². The summed E-state index contributed by atoms with van der Waals surface area (Å²) < 4.78 is 93.9. The molecule has 0 saturated heterocycles. The molecule has 0 atom stereocenters. The molecular weight excluding hydrogens is 829 g/mol. The van der Waals surface area contributed by atoms with Crippen molar-refractivity contribution in [2.24, 2.45) is 0 Å². The first-order valence-electron chi connectivity index (χ1n) is 21.0. The van der Waals surface area contributed by atoms with Gasteiger partial charge in [0.2, 0.25) is 0 Å². The molecule has 9 heteroatoms. The van der Waals surface area contributed by atoms with Gasteiger partial charge in [0.25, 0.3) is 0 Å². The number of benzene rings is 8. The summed E-state index contributed by atoms with van der Waals surface area (Å²) in [6, 6.07) is 53.7. The van der Waals surface area contributed by atoms with Crippen molar-refractivity contribution in [3.05, 3.63) is 210 Å². The molecule has 0 bridgehead atoms. The molecule has 10 rings (SSSR count). The highest BCUT2D eigenvalue weighted by Crippen LogP contribution is 2.49. The van der Waals surface area contributed by atoms with E-state index in [9.17, 15) is 0 Å². The molecule has 0 amide bonds. The van der Waals surface area contributed by atoms with Gasteiger partial charge in [0, 0.05) is 38.6 Å². The highest BCUT2D eigenvalue weighted by molar-refractivity contribution is 6.12. The van der Waals surface area contributed by atoms with Gasteiger partial charge >= 0.3 is 12.4 Å². The minimum Gasteiger partial charge on any atom is -0.308 e. The SMILES string of the molecule is Cc1cc(C)cc(-c2ccc3c(c2)c2ccccc2n3-c2c(-c3ccccc3C(F)(F)F)cc(-c3nc(-c4ccccc4)cc(-c4ccccc4)n3)cc2-c2ccccc2C(F)(F)F)c1. The van der Waals surface area contributed by atoms with Crippen molar-refractivity contribution in [3.63, 3.8) is 0 Å². The maximum Gasteiger partial charge on any atom is 0.417 e. The lowest BCUT2D eigenvalue weighted by Gasteiger charge is -2.24. The predicted octanol–water partition coefficient (Wildman–Crippen LogP) is 16.2. The lowest BCUT2D eigenvalue weighted by Crippen LogP contribution is -2.11. The van der Waals surface area contributed by atoms with Crippen LogP contribution in [0.15, 0.2) is 188 Å². The van der Waals surface area contributed by atoms with E-state index >= 15 is 26.3 Å². The smallest absolute Gasteiger partial charge is 0.308 e. The summed E-state index contributed by atoms with van der Waals surface area (Å²) in [6.07, 6.45) is -9.67. The number of aromatic nitrogens is 3. The molecular formula is C56H37F6N3. The highest BCUT2D eigenvalue weighted by Gasteiger charge is 2.37. The Bertz CT molecular complexity index is 3270. The summed E-state index contributed by atoms with van der Waals surface area (Å²) in [6.45, 7) is 4.05. The number of halogens is 6. The van der Waals surface area contributed by atoms with Crippen molar-refractivity contribution in [2.45, 2.75) is 26.2 Å². The lowest BCUT2D eigenvalue weighted by atomic mass is 9.88. The Morgan fingerprint density at radius 3 is 1.38 bits per heavy atom. The largest absolute Gasteiger partial charge is 0.417 e. The van der Waals surface area contributed by atoms with E-state index in [2.05, 4.69) is 18.2 Å². The van der Waals surface area contributed by atoms with Crippen LogP contribution < -0.4 is 0 Å². The van der Waals surface area contributed by atoms with Crippen LogP contribution in [0.5, 0.6) is 0 Å². The fourth-order valence-electron chi connectivity index (χ4n) is 8.97. The summed E-state index contributed by atoms with van der Waals surface area (Å²) >= 11 is 0. The van der Waals surface area contributed by atoms with E-state index in [-0.39, 0.29) is 39.3 Å². The van der Waals surface area contributed by atoms with Crippen molar-refractivity contribution in [1.82, 2.24) is 14.5 Å². The fraction of sp³-hybridized carbons (Fsp3) is 0.0714. The topological polar surface area (TPSA) is 30.7 Å². The third-order valence-electron chi connectivity index (χ3n) is 11.7. The molecule has 0 N–H and O–H groups in total. The number of hydrogen-bond donors (Lipinski definition) is 0. The molecule has 0 saturated carbocycles. The predicted molar refractivity (Wildman–Crippen MR) is 248 cm³/mol. The van der Waals surface area contributed by atoms with Crippen molar-refractivity contribution in [3.8, 4) is 73.0 Å². The van der Waals surface area contributed by atoms with Crippen LogP contribution in [0.4, 0.5) is 26.3 Å². The third-order valence-corrected chi connectivity index (χ3v) is 11.7. The number of aryl methyl sites for hydroxylation is 2. The maximum absolute atomic E-state index is 15.3. The van der Waals surface area contributed by atoms with Crippen LogP contribution in [0.25, 0.3) is 94.8 Å². The number of nitrogens with zero attached hydrogens (tertiary/aromatic N) is 3. The van der Waals surface area contributed by atoms with Gasteiger partial charge < -0.3 is 4.57 Å². The van der Waals surface area contributed by atoms with Crippen LogP contribution in [-0.4, -0.2) is 14.5 Å². The molecule has 0 unspecified atom stereocenters. The first kappa shape index (κ1) is 41.2. The first-order valence-corrected chi connectivity index (χ1v) is 21.0. The fourth-order valence-corrected chi connectivity index (χ4v) is 8.97. The van der Waals surface area contributed by atoms with Gasteiger partial charge in [-0.1, -0.05) is 151 Å². The van der Waals surface area contributed by atoms with Crippen molar-refractivity contribution < 1.29 is 26.3 Å². The highest BCUT2D eigenvalue weighted by atomic mass is 19.4. The summed E-state index contributed by atoms with van der Waals surface area (Å²) in [5.74, 6) is 0.119. The minimum atomic E-state index is -4.83. The lowest BCUT2D eigenvalue weighted by molar-refractivity contribution is -0.137. The summed E-state index contributed by atoms with van der Waals surface area (Å²) in [4.78, 5) is 9.98. The quantitative estimate of drug-likeness (QED) is 0.149. The zero-order valence-electron chi connectivity index (χ0n) is 35.0. The average Bonchev–Trinajstić information content (AvgIpc) is 3.64. The zero-order valence-corrected chi connectivity index (χ0v) is 35.0. The van der Waals surface area contributed by atoms with Gasteiger partial charge in [-0.15, -0.1) is 0 Å². The van der Waals surface area contributed by atoms with Crippen LogP contribution in [0.1, 0.15) is 22.3 Å². The summed E-state index contributed by atoms with van der Waals surface area (Å²) in [5.41, 5.74) is 5.90. The van der Waals surface area contributed by atoms with E-state index in [1.165, 1.54) is 36.4 Å². The van der Waals surface area contributed by atoms with Gasteiger partial charge in [-0.05, 0) is 84.6 Å². The molecule has 0 aliphatic rings. The molecule has 0 radical (unpaired) electrons. The second-order valence-corrected chi connectivity index (χ2v) is 16.2. The Kier molecular flexibility index (Phi) is 10.2. The summed E-state index contributed by atoms with van der Waals surface area (Å²) in [7, 11) is 0. The van der Waals surface area contributed by atoms with Crippen LogP contribution in [0.2, 0.25) is 0 Å². The molecule has 318 valence electrons. The van der Waals surface area contributed by atoms with Crippen molar-refractivity contribution in [1.29, 1.82) is 0 Å². The van der Waals surface area contributed by atoms with Crippen LogP contribution in [0, 0.1) is 13.8 Å². The van der Waals surface area contributed by atoms with Crippen LogP contribution in [0.3, 0.4) is 0 Å². The zero-order chi connectivity index (χ0) is 45.0. The molecule has 0 aliphatic heterocycles. The van der Waals surface area contributed by atoms with E-state index in [0.717, 1.165) is 56.3 Å². The Balaban J connectivity index is 1.37. The van der Waals surface area contributed by atoms with E-state index < -0.39 is 23.5 Å². The molecule has 2 heterocycles. The number of rotatable bonds is 7. The standard InChI is InChI=1S/C56H37F6N3/c1-34-27-35(2)29-39(28-34)38-25-26-52-44(30-38)43-21-11-14-24-51(43)65(52)53-45(41-19-9-12-22-47(41)55(57,58)59)31-40(32-46(53)42-20-10-13-23-48(42)56(60,61)62)54-63-49(36-15-5-3-6-16-36)33-50(64-54)37-17-7-4-8-18-37/h3-33H,1-2H3. The summed E-state index contributed by atoms with van der Waals surface area (Å²) in [5, 5.41) is 1.55. The minimum absolute atomic E-state index is 0.0402. The van der Waals surface area contributed by atoms with Gasteiger partial charge in [0.1, 0.15) is 0 Å². The Morgan fingerprint density at radius 2 is 0.846 bits per heavy atom. The Morgan fingerprint density at radius 1 is 0.369 bits per heavy atom. The normalized spacial score (nSPS) is 12.0. The Labute approximate surface area is 371 Å². The number of alkyl halides is 6. The first-order chi connectivity index (χ1) is 31.3. The van der Waals surface area contributed by atoms with Crippen LogP contribution >= 0.6 is 0 Å². The molecule has 0 spiro atoms. The molecule has 8 aromatic carbocycles. The third kappa shape index (κ3) is 7.73. The van der Waals surface area contributed by atoms with Gasteiger partial charge in [-0.3, -0.25) is 0 Å². The average molecular weight is 866 g/mol. The maximum atomic E-state index is 15.3. The van der Waals surface area contributed by atoms with Gasteiger partial charge in [-0.25, -0.2) is 9.97 Å². The Hall–Kier alpha value is -7.78. The molecule has 0 aliphatic carbocycles. The number of para-hydroxylation sites is 1. The van der Waals surface area contributed by atoms with Gasteiger partial charge in [-0.2, -0.15) is 26.3 Å². The second kappa shape index (κ2) is 16.1. The van der Waals surface area contributed by atoms with E-state index in [1.54, 1.807) is 16.7 Å². The number of fused-ring (bicyclic) bond motifs is 3. The molecule has 65 heavy (non-hydrogen) atoms.